The number of imidazole rings is 1. The van der Waals surface area contributed by atoms with Crippen LogP contribution in [0, 0.1) is 0 Å². The highest BCUT2D eigenvalue weighted by Gasteiger charge is 2.35. The maximum atomic E-state index is 15.3. The highest BCUT2D eigenvalue weighted by atomic mass is 35.5. The molecule has 0 radical (unpaired) electrons. The van der Waals surface area contributed by atoms with Gasteiger partial charge in [0.25, 0.3) is 0 Å². The van der Waals surface area contributed by atoms with E-state index in [0.717, 1.165) is 16.5 Å². The molecule has 0 saturated carbocycles. The van der Waals surface area contributed by atoms with Gasteiger partial charge < -0.3 is 34.2 Å². The Balaban J connectivity index is 1.80. The lowest BCUT2D eigenvalue weighted by Crippen LogP contribution is -2.34. The number of allylic oxidation sites excluding steroid dienone is 1. The zero-order valence-corrected chi connectivity index (χ0v) is 22.5. The van der Waals surface area contributed by atoms with Gasteiger partial charge in [-0.05, 0) is 29.2 Å². The number of ether oxygens (including phenoxy) is 1. The molecule has 0 aliphatic carbocycles. The fourth-order valence-electron chi connectivity index (χ4n) is 3.38. The summed E-state index contributed by atoms with van der Waals surface area (Å²) in [6, 6.07) is 9.13. The number of hydrogen-bond acceptors (Lipinski definition) is 9. The lowest BCUT2D eigenvalue weighted by Gasteiger charge is -2.25. The van der Waals surface area contributed by atoms with Gasteiger partial charge in [0.15, 0.2) is 29.5 Å². The van der Waals surface area contributed by atoms with E-state index >= 15 is 4.39 Å². The standard InChI is InChI=1S/C21H26ClFN4O9P2/c1-2-6-14(10-36-38(33,34)12-37(30,31)32)17(28)15(23)20(29)27-11-24-16-18(27)25-21(22)26-19(16)35-9-13-7-4-3-5-8-13/h3-8,11,15,17,20,28-29H,2,9-10,12H2,1H3,(H,33,34)(H2,30,31,32)/b14-6-/t15-,17+,20+/m0/s1. The van der Waals surface area contributed by atoms with Gasteiger partial charge in [0.05, 0.1) is 12.9 Å². The average Bonchev–Trinajstić information content (AvgIpc) is 3.26. The Morgan fingerprint density at radius 2 is 1.87 bits per heavy atom. The van der Waals surface area contributed by atoms with E-state index in [2.05, 4.69) is 15.0 Å². The van der Waals surface area contributed by atoms with E-state index in [0.29, 0.717) is 0 Å². The molecular formula is C21H26ClFN4O9P2. The average molecular weight is 595 g/mol. The van der Waals surface area contributed by atoms with Gasteiger partial charge in [-0.25, -0.2) is 9.37 Å². The normalized spacial score (nSPS) is 16.7. The zero-order chi connectivity index (χ0) is 28.1. The zero-order valence-electron chi connectivity index (χ0n) is 19.9. The minimum Gasteiger partial charge on any atom is -0.471 e. The first-order valence-electron chi connectivity index (χ1n) is 11.1. The van der Waals surface area contributed by atoms with Crippen LogP contribution in [0.4, 0.5) is 4.39 Å². The van der Waals surface area contributed by atoms with Crippen LogP contribution in [0.1, 0.15) is 25.1 Å². The van der Waals surface area contributed by atoms with Gasteiger partial charge in [0, 0.05) is 0 Å². The summed E-state index contributed by atoms with van der Waals surface area (Å²) in [4.78, 5) is 39.6. The van der Waals surface area contributed by atoms with Crippen molar-refractivity contribution in [3.05, 3.63) is 59.2 Å². The van der Waals surface area contributed by atoms with Crippen LogP contribution >= 0.6 is 26.8 Å². The number of benzene rings is 1. The van der Waals surface area contributed by atoms with Crippen LogP contribution < -0.4 is 4.74 Å². The predicted molar refractivity (Wildman–Crippen MR) is 134 cm³/mol. The summed E-state index contributed by atoms with van der Waals surface area (Å²) in [6.07, 6.45) is -3.93. The Bertz CT molecular complexity index is 1370. The Morgan fingerprint density at radius 1 is 1.18 bits per heavy atom. The number of aliphatic hydroxyl groups is 2. The molecule has 1 aromatic carbocycles. The van der Waals surface area contributed by atoms with Gasteiger partial charge in [-0.1, -0.05) is 43.3 Å². The number of aromatic nitrogens is 4. The van der Waals surface area contributed by atoms with Gasteiger partial charge in [-0.15, -0.1) is 0 Å². The summed E-state index contributed by atoms with van der Waals surface area (Å²) in [7, 11) is -9.65. The summed E-state index contributed by atoms with van der Waals surface area (Å²) in [6.45, 7) is 0.918. The SMILES string of the molecule is CC/C=C(/COP(=O)(O)CP(=O)(O)O)[C@@H](O)[C@H](F)[C@@H](O)n1cnc2c(OCc3ccccc3)nc(Cl)nc21. The fraction of sp³-hybridized carbons (Fsp3) is 0.381. The molecule has 1 unspecified atom stereocenters. The Morgan fingerprint density at radius 3 is 2.50 bits per heavy atom. The second kappa shape index (κ2) is 12.7. The van der Waals surface area contributed by atoms with Crippen molar-refractivity contribution in [2.75, 3.05) is 12.5 Å². The highest BCUT2D eigenvalue weighted by molar-refractivity contribution is 7.70. The summed E-state index contributed by atoms with van der Waals surface area (Å²) in [5.74, 6) is -1.47. The van der Waals surface area contributed by atoms with Gasteiger partial charge in [-0.3, -0.25) is 13.7 Å². The van der Waals surface area contributed by atoms with Crippen LogP contribution in [0.2, 0.25) is 5.28 Å². The van der Waals surface area contributed by atoms with E-state index in [9.17, 15) is 24.2 Å². The molecule has 5 N–H and O–H groups in total. The molecule has 13 nitrogen and oxygen atoms in total. The number of aliphatic hydroxyl groups excluding tert-OH is 2. The van der Waals surface area contributed by atoms with Crippen LogP contribution in [-0.2, 0) is 20.3 Å². The second-order valence-corrected chi connectivity index (χ2v) is 12.4. The van der Waals surface area contributed by atoms with Crippen molar-refractivity contribution in [2.24, 2.45) is 0 Å². The number of rotatable bonds is 13. The molecule has 0 aliphatic rings. The van der Waals surface area contributed by atoms with Gasteiger partial charge in [-0.2, -0.15) is 9.97 Å². The number of hydrogen-bond donors (Lipinski definition) is 5. The van der Waals surface area contributed by atoms with E-state index in [-0.39, 0.29) is 40.9 Å². The molecule has 208 valence electrons. The van der Waals surface area contributed by atoms with E-state index in [1.807, 2.05) is 30.3 Å². The quantitative estimate of drug-likeness (QED) is 0.110. The van der Waals surface area contributed by atoms with E-state index in [4.69, 9.17) is 30.6 Å². The van der Waals surface area contributed by atoms with Crippen molar-refractivity contribution in [3.8, 4) is 5.88 Å². The number of fused-ring (bicyclic) bond motifs is 1. The van der Waals surface area contributed by atoms with Crippen molar-refractivity contribution in [1.82, 2.24) is 19.5 Å². The largest absolute Gasteiger partial charge is 0.471 e. The molecule has 3 rings (SSSR count). The molecular weight excluding hydrogens is 569 g/mol. The first-order valence-corrected chi connectivity index (χ1v) is 15.0. The topological polar surface area (TPSA) is 197 Å². The molecule has 0 fully saturated rings. The van der Waals surface area contributed by atoms with Crippen molar-refractivity contribution >= 4 is 38.0 Å². The van der Waals surface area contributed by atoms with Crippen LogP contribution in [0.25, 0.3) is 11.2 Å². The maximum Gasteiger partial charge on any atom is 0.340 e. The first kappa shape index (κ1) is 30.3. The summed E-state index contributed by atoms with van der Waals surface area (Å²) in [5, 5.41) is 21.0. The van der Waals surface area contributed by atoms with E-state index in [1.165, 1.54) is 6.08 Å². The van der Waals surface area contributed by atoms with E-state index in [1.54, 1.807) is 6.92 Å². The molecule has 0 bridgehead atoms. The van der Waals surface area contributed by atoms with E-state index < -0.39 is 46.2 Å². The van der Waals surface area contributed by atoms with Crippen molar-refractivity contribution in [1.29, 1.82) is 0 Å². The van der Waals surface area contributed by atoms with Crippen molar-refractivity contribution in [3.63, 3.8) is 0 Å². The smallest absolute Gasteiger partial charge is 0.340 e. The first-order chi connectivity index (χ1) is 17.8. The summed E-state index contributed by atoms with van der Waals surface area (Å²) >= 11 is 6.00. The Hall–Kier alpha value is -2.25. The number of alkyl halides is 1. The van der Waals surface area contributed by atoms with Crippen molar-refractivity contribution in [2.45, 2.75) is 38.5 Å². The third-order valence-corrected chi connectivity index (χ3v) is 8.70. The lowest BCUT2D eigenvalue weighted by atomic mass is 10.0. The fourth-order valence-corrected chi connectivity index (χ4v) is 6.08. The molecule has 3 aromatic rings. The van der Waals surface area contributed by atoms with Gasteiger partial charge >= 0.3 is 15.2 Å². The molecule has 2 aromatic heterocycles. The number of nitrogens with zero attached hydrogens (tertiary/aromatic N) is 4. The van der Waals surface area contributed by atoms with Crippen LogP contribution in [-0.4, -0.2) is 69.2 Å². The lowest BCUT2D eigenvalue weighted by molar-refractivity contribution is -0.0352. The summed E-state index contributed by atoms with van der Waals surface area (Å²) < 4.78 is 49.6. The van der Waals surface area contributed by atoms with Crippen LogP contribution in [0.3, 0.4) is 0 Å². The maximum absolute atomic E-state index is 15.3. The summed E-state index contributed by atoms with van der Waals surface area (Å²) in [5.41, 5.74) is 0.571. The second-order valence-electron chi connectivity index (χ2n) is 8.10. The third-order valence-electron chi connectivity index (χ3n) is 5.09. The van der Waals surface area contributed by atoms with Crippen molar-refractivity contribution < 1.29 is 47.7 Å². The van der Waals surface area contributed by atoms with Crippen LogP contribution in [0.15, 0.2) is 48.3 Å². The number of halogens is 2. The minimum atomic E-state index is -4.89. The third kappa shape index (κ3) is 8.12. The minimum absolute atomic E-state index is 0.0190. The van der Waals surface area contributed by atoms with Crippen LogP contribution in [0.5, 0.6) is 5.88 Å². The molecule has 0 amide bonds. The molecule has 38 heavy (non-hydrogen) atoms. The molecule has 2 heterocycles. The molecule has 17 heteroatoms. The predicted octanol–water partition coefficient (Wildman–Crippen LogP) is 2.92. The monoisotopic (exact) mass is 594 g/mol. The Kier molecular flexibility index (Phi) is 10.2. The molecule has 0 saturated heterocycles. The highest BCUT2D eigenvalue weighted by Crippen LogP contribution is 2.55. The molecule has 0 spiro atoms. The van der Waals surface area contributed by atoms with Gasteiger partial charge in [0.2, 0.25) is 11.2 Å². The van der Waals surface area contributed by atoms with Gasteiger partial charge in [0.1, 0.15) is 12.7 Å². The molecule has 0 aliphatic heterocycles. The molecule has 4 atom stereocenters. The Labute approximate surface area is 221 Å².